The lowest BCUT2D eigenvalue weighted by atomic mass is 10.1. The van der Waals surface area contributed by atoms with Crippen molar-refractivity contribution in [3.63, 3.8) is 0 Å². The molecule has 0 fully saturated rings. The number of aromatic nitrogens is 1. The van der Waals surface area contributed by atoms with Gasteiger partial charge in [-0.05, 0) is 37.5 Å². The summed E-state index contributed by atoms with van der Waals surface area (Å²) in [5.41, 5.74) is 9.67. The molecule has 0 bridgehead atoms. The van der Waals surface area contributed by atoms with E-state index in [-0.39, 0.29) is 12.6 Å². The summed E-state index contributed by atoms with van der Waals surface area (Å²) in [6.07, 6.45) is 0.463. The molecular formula is C12H16N2O2. The van der Waals surface area contributed by atoms with E-state index in [4.69, 9.17) is 15.3 Å². The van der Waals surface area contributed by atoms with Crippen LogP contribution in [0.2, 0.25) is 0 Å². The Morgan fingerprint density at radius 3 is 2.88 bits per heavy atom. The van der Waals surface area contributed by atoms with Crippen molar-refractivity contribution < 1.29 is 9.52 Å². The van der Waals surface area contributed by atoms with Crippen molar-refractivity contribution in [2.24, 2.45) is 5.73 Å². The summed E-state index contributed by atoms with van der Waals surface area (Å²) in [4.78, 5) is 4.35. The van der Waals surface area contributed by atoms with Gasteiger partial charge in [-0.1, -0.05) is 6.07 Å². The molecule has 4 heteroatoms. The van der Waals surface area contributed by atoms with Crippen LogP contribution in [-0.2, 0) is 0 Å². The predicted octanol–water partition coefficient (Wildman–Crippen LogP) is 1.83. The van der Waals surface area contributed by atoms with E-state index in [9.17, 15) is 0 Å². The lowest BCUT2D eigenvalue weighted by Gasteiger charge is -2.02. The molecule has 0 aliphatic carbocycles. The maximum absolute atomic E-state index is 8.82. The molecule has 86 valence electrons. The van der Waals surface area contributed by atoms with Crippen LogP contribution >= 0.6 is 0 Å². The van der Waals surface area contributed by atoms with Gasteiger partial charge in [0.25, 0.3) is 0 Å². The predicted molar refractivity (Wildman–Crippen MR) is 62.1 cm³/mol. The molecule has 2 aromatic rings. The maximum atomic E-state index is 8.82. The summed E-state index contributed by atoms with van der Waals surface area (Å²) in [5, 5.41) is 8.82. The first kappa shape index (κ1) is 11.1. The Kier molecular flexibility index (Phi) is 2.94. The van der Waals surface area contributed by atoms with Crippen molar-refractivity contribution in [2.45, 2.75) is 26.3 Å². The van der Waals surface area contributed by atoms with Gasteiger partial charge < -0.3 is 15.3 Å². The summed E-state index contributed by atoms with van der Waals surface area (Å²) >= 11 is 0. The average Bonchev–Trinajstić information content (AvgIpc) is 2.62. The molecule has 1 aromatic carbocycles. The van der Waals surface area contributed by atoms with Gasteiger partial charge in [-0.15, -0.1) is 0 Å². The minimum atomic E-state index is -0.336. The second-order valence-electron chi connectivity index (χ2n) is 4.10. The van der Waals surface area contributed by atoms with Gasteiger partial charge in [0.15, 0.2) is 5.58 Å². The van der Waals surface area contributed by atoms with Gasteiger partial charge in [0.2, 0.25) is 5.89 Å². The van der Waals surface area contributed by atoms with Crippen molar-refractivity contribution in [3.8, 4) is 0 Å². The van der Waals surface area contributed by atoms with Crippen LogP contribution in [0.3, 0.4) is 0 Å². The third-order valence-corrected chi connectivity index (χ3v) is 2.59. The molecule has 0 aliphatic heterocycles. The summed E-state index contributed by atoms with van der Waals surface area (Å²) in [6.45, 7) is 4.05. The molecular weight excluding hydrogens is 204 g/mol. The van der Waals surface area contributed by atoms with Crippen LogP contribution in [0.1, 0.15) is 29.5 Å². The van der Waals surface area contributed by atoms with E-state index in [0.717, 1.165) is 22.2 Å². The molecule has 1 unspecified atom stereocenters. The molecule has 3 N–H and O–H groups in total. The number of aryl methyl sites for hydroxylation is 2. The first-order chi connectivity index (χ1) is 7.61. The molecule has 0 saturated carbocycles. The SMILES string of the molecule is Cc1cc(C)c2oc(C(N)CCO)nc2c1. The highest BCUT2D eigenvalue weighted by atomic mass is 16.3. The van der Waals surface area contributed by atoms with Crippen LogP contribution in [0.25, 0.3) is 11.1 Å². The number of benzene rings is 1. The summed E-state index contributed by atoms with van der Waals surface area (Å²) in [6, 6.07) is 3.69. The summed E-state index contributed by atoms with van der Waals surface area (Å²) < 4.78 is 5.62. The Balaban J connectivity index is 2.47. The fourth-order valence-corrected chi connectivity index (χ4v) is 1.82. The normalized spacial score (nSPS) is 13.2. The number of rotatable bonds is 3. The van der Waals surface area contributed by atoms with Gasteiger partial charge >= 0.3 is 0 Å². The average molecular weight is 220 g/mol. The second kappa shape index (κ2) is 4.23. The van der Waals surface area contributed by atoms with Crippen molar-refractivity contribution in [1.29, 1.82) is 0 Å². The first-order valence-electron chi connectivity index (χ1n) is 5.36. The molecule has 1 atom stereocenters. The van der Waals surface area contributed by atoms with Crippen LogP contribution in [0, 0.1) is 13.8 Å². The van der Waals surface area contributed by atoms with Gasteiger partial charge in [0.05, 0.1) is 6.04 Å². The van der Waals surface area contributed by atoms with Crippen molar-refractivity contribution in [1.82, 2.24) is 4.98 Å². The molecule has 0 amide bonds. The van der Waals surface area contributed by atoms with E-state index in [1.807, 2.05) is 19.9 Å². The number of oxazole rings is 1. The fraction of sp³-hybridized carbons (Fsp3) is 0.417. The van der Waals surface area contributed by atoms with E-state index in [2.05, 4.69) is 11.1 Å². The second-order valence-corrected chi connectivity index (χ2v) is 4.10. The third kappa shape index (κ3) is 1.94. The van der Waals surface area contributed by atoms with Gasteiger partial charge in [-0.2, -0.15) is 0 Å². The Hall–Kier alpha value is -1.39. The Bertz CT molecular complexity index is 505. The molecule has 2 rings (SSSR count). The summed E-state index contributed by atoms with van der Waals surface area (Å²) in [7, 11) is 0. The van der Waals surface area contributed by atoms with E-state index in [0.29, 0.717) is 12.3 Å². The zero-order chi connectivity index (χ0) is 11.7. The Labute approximate surface area is 94.1 Å². The monoisotopic (exact) mass is 220 g/mol. The quantitative estimate of drug-likeness (QED) is 0.827. The van der Waals surface area contributed by atoms with E-state index >= 15 is 0 Å². The minimum Gasteiger partial charge on any atom is -0.439 e. The van der Waals surface area contributed by atoms with Crippen LogP contribution in [0.15, 0.2) is 16.5 Å². The van der Waals surface area contributed by atoms with Gasteiger partial charge in [-0.3, -0.25) is 0 Å². The third-order valence-electron chi connectivity index (χ3n) is 2.59. The van der Waals surface area contributed by atoms with Crippen LogP contribution in [-0.4, -0.2) is 16.7 Å². The summed E-state index contributed by atoms with van der Waals surface area (Å²) in [5.74, 6) is 0.498. The van der Waals surface area contributed by atoms with Gasteiger partial charge in [-0.25, -0.2) is 4.98 Å². The Morgan fingerprint density at radius 2 is 2.19 bits per heavy atom. The number of hydrogen-bond donors (Lipinski definition) is 2. The zero-order valence-electron chi connectivity index (χ0n) is 9.53. The zero-order valence-corrected chi connectivity index (χ0v) is 9.53. The van der Waals surface area contributed by atoms with Gasteiger partial charge in [0, 0.05) is 6.61 Å². The number of nitrogens with two attached hydrogens (primary N) is 1. The highest BCUT2D eigenvalue weighted by Crippen LogP contribution is 2.24. The Morgan fingerprint density at radius 1 is 1.44 bits per heavy atom. The topological polar surface area (TPSA) is 72.3 Å². The number of nitrogens with zero attached hydrogens (tertiary/aromatic N) is 1. The lowest BCUT2D eigenvalue weighted by Crippen LogP contribution is -2.11. The largest absolute Gasteiger partial charge is 0.439 e. The minimum absolute atomic E-state index is 0.0396. The highest BCUT2D eigenvalue weighted by Gasteiger charge is 2.14. The molecule has 0 saturated heterocycles. The van der Waals surface area contributed by atoms with Gasteiger partial charge in [0.1, 0.15) is 5.52 Å². The van der Waals surface area contributed by atoms with Crippen molar-refractivity contribution in [2.75, 3.05) is 6.61 Å². The van der Waals surface area contributed by atoms with Crippen molar-refractivity contribution >= 4 is 11.1 Å². The van der Waals surface area contributed by atoms with Crippen LogP contribution < -0.4 is 5.73 Å². The molecule has 1 heterocycles. The van der Waals surface area contributed by atoms with Crippen LogP contribution in [0.4, 0.5) is 0 Å². The first-order valence-corrected chi connectivity index (χ1v) is 5.36. The lowest BCUT2D eigenvalue weighted by molar-refractivity contribution is 0.268. The fourth-order valence-electron chi connectivity index (χ4n) is 1.82. The van der Waals surface area contributed by atoms with E-state index in [1.165, 1.54) is 0 Å². The molecule has 16 heavy (non-hydrogen) atoms. The molecule has 4 nitrogen and oxygen atoms in total. The van der Waals surface area contributed by atoms with Crippen molar-refractivity contribution in [3.05, 3.63) is 29.2 Å². The number of aliphatic hydroxyl groups excluding tert-OH is 1. The van der Waals surface area contributed by atoms with E-state index in [1.54, 1.807) is 0 Å². The molecule has 0 radical (unpaired) electrons. The molecule has 0 spiro atoms. The number of fused-ring (bicyclic) bond motifs is 1. The number of aliphatic hydroxyl groups is 1. The standard InChI is InChI=1S/C12H16N2O2/c1-7-5-8(2)11-10(6-7)14-12(16-11)9(13)3-4-15/h5-6,9,15H,3-4,13H2,1-2H3. The smallest absolute Gasteiger partial charge is 0.212 e. The van der Waals surface area contributed by atoms with E-state index < -0.39 is 0 Å². The number of hydrogen-bond acceptors (Lipinski definition) is 4. The maximum Gasteiger partial charge on any atom is 0.212 e. The highest BCUT2D eigenvalue weighted by molar-refractivity contribution is 5.77. The molecule has 0 aliphatic rings. The van der Waals surface area contributed by atoms with Crippen LogP contribution in [0.5, 0.6) is 0 Å². The molecule has 1 aromatic heterocycles.